The van der Waals surface area contributed by atoms with Crippen LogP contribution in [0.2, 0.25) is 10.0 Å². The summed E-state index contributed by atoms with van der Waals surface area (Å²) in [6.07, 6.45) is 1.44. The van der Waals surface area contributed by atoms with Crippen molar-refractivity contribution in [3.05, 3.63) is 123 Å². The molecule has 1 atom stereocenters. The topological polar surface area (TPSA) is 100 Å². The smallest absolute Gasteiger partial charge is 0.272 e. The monoisotopic (exact) mass is 678 g/mol. The third-order valence-corrected chi connectivity index (χ3v) is 9.50. The Hall–Kier alpha value is -3.93. The molecule has 0 fully saturated rings. The maximum absolute atomic E-state index is 13.5. The number of carbonyl (C=O) groups excluding carboxylic acids is 3. The van der Waals surface area contributed by atoms with E-state index in [1.807, 2.05) is 29.0 Å². The molecular weight excluding hydrogens is 655 g/mol. The fraction of sp³-hybridized carbons (Fsp3) is 0.0625. The quantitative estimate of drug-likeness (QED) is 0.101. The summed E-state index contributed by atoms with van der Waals surface area (Å²) in [6, 6.07) is 24.5. The number of thiophene rings is 1. The fourth-order valence-corrected chi connectivity index (χ4v) is 6.82. The molecule has 3 aromatic carbocycles. The number of nitrogens with zero attached hydrogens (tertiary/aromatic N) is 1. The van der Waals surface area contributed by atoms with Crippen molar-refractivity contribution in [2.45, 2.75) is 17.1 Å². The first-order valence-corrected chi connectivity index (χ1v) is 16.6. The Morgan fingerprint density at radius 2 is 1.64 bits per heavy atom. The molecule has 0 bridgehead atoms. The Kier molecular flexibility index (Phi) is 10.5. The molecule has 0 radical (unpaired) electrons. The number of hydrogen-bond acceptors (Lipinski definition) is 7. The first kappa shape index (κ1) is 31.5. The van der Waals surface area contributed by atoms with Crippen LogP contribution in [0.15, 0.2) is 106 Å². The molecule has 2 aromatic heterocycles. The van der Waals surface area contributed by atoms with Gasteiger partial charge >= 0.3 is 0 Å². The summed E-state index contributed by atoms with van der Waals surface area (Å²) in [4.78, 5) is 45.7. The van der Waals surface area contributed by atoms with E-state index in [-0.39, 0.29) is 11.6 Å². The van der Waals surface area contributed by atoms with Gasteiger partial charge in [0.15, 0.2) is 5.13 Å². The molecule has 5 rings (SSSR count). The van der Waals surface area contributed by atoms with E-state index in [9.17, 15) is 14.4 Å². The Morgan fingerprint density at radius 1 is 0.886 bits per heavy atom. The number of hydrogen-bond donors (Lipinski definition) is 3. The number of thioether (sulfide) groups is 1. The number of carbonyl (C=O) groups is 3. The summed E-state index contributed by atoms with van der Waals surface area (Å²) in [5.41, 5.74) is 2.02. The van der Waals surface area contributed by atoms with E-state index in [0.29, 0.717) is 32.0 Å². The molecule has 3 amide bonds. The van der Waals surface area contributed by atoms with Crippen LogP contribution in [-0.4, -0.2) is 28.0 Å². The lowest BCUT2D eigenvalue weighted by molar-refractivity contribution is -0.115. The maximum Gasteiger partial charge on any atom is 0.272 e. The molecule has 0 aliphatic rings. The average molecular weight is 680 g/mol. The molecule has 44 heavy (non-hydrogen) atoms. The summed E-state index contributed by atoms with van der Waals surface area (Å²) in [5, 5.41) is 13.0. The summed E-state index contributed by atoms with van der Waals surface area (Å²) in [6.45, 7) is 1.80. The van der Waals surface area contributed by atoms with E-state index in [1.165, 1.54) is 29.2 Å². The molecule has 0 aliphatic heterocycles. The molecule has 0 saturated carbocycles. The number of anilines is 2. The number of benzene rings is 3. The highest BCUT2D eigenvalue weighted by atomic mass is 35.5. The van der Waals surface area contributed by atoms with Crippen LogP contribution in [-0.2, 0) is 9.59 Å². The van der Waals surface area contributed by atoms with Gasteiger partial charge in [0.25, 0.3) is 11.8 Å². The highest BCUT2D eigenvalue weighted by Crippen LogP contribution is 2.31. The predicted octanol–water partition coefficient (Wildman–Crippen LogP) is 8.71. The number of thiazole rings is 1. The van der Waals surface area contributed by atoms with Crippen LogP contribution in [0.5, 0.6) is 0 Å². The molecular formula is C32H24Cl2N4O3S3. The normalized spacial score (nSPS) is 11.9. The van der Waals surface area contributed by atoms with Crippen molar-refractivity contribution in [3.8, 4) is 10.6 Å². The Balaban J connectivity index is 1.28. The highest BCUT2D eigenvalue weighted by molar-refractivity contribution is 8.00. The maximum atomic E-state index is 13.5. The number of halogens is 2. The highest BCUT2D eigenvalue weighted by Gasteiger charge is 2.19. The van der Waals surface area contributed by atoms with Crippen molar-refractivity contribution in [2.75, 3.05) is 10.6 Å². The minimum absolute atomic E-state index is 0.0509. The molecule has 1 unspecified atom stereocenters. The van der Waals surface area contributed by atoms with E-state index in [4.69, 9.17) is 23.2 Å². The summed E-state index contributed by atoms with van der Waals surface area (Å²) >= 11 is 17.0. The van der Waals surface area contributed by atoms with Crippen molar-refractivity contribution in [3.63, 3.8) is 0 Å². The van der Waals surface area contributed by atoms with Gasteiger partial charge in [-0.1, -0.05) is 59.6 Å². The van der Waals surface area contributed by atoms with Gasteiger partial charge in [-0.05, 0) is 66.9 Å². The van der Waals surface area contributed by atoms with Crippen LogP contribution in [0.1, 0.15) is 22.8 Å². The van der Waals surface area contributed by atoms with Crippen molar-refractivity contribution >= 4 is 92.3 Å². The summed E-state index contributed by atoms with van der Waals surface area (Å²) in [7, 11) is 0. The van der Waals surface area contributed by atoms with Crippen molar-refractivity contribution in [1.29, 1.82) is 0 Å². The lowest BCUT2D eigenvalue weighted by atomic mass is 10.1. The lowest BCUT2D eigenvalue weighted by Gasteiger charge is -2.14. The van der Waals surface area contributed by atoms with Crippen LogP contribution >= 0.6 is 57.6 Å². The van der Waals surface area contributed by atoms with Crippen LogP contribution in [0.25, 0.3) is 16.6 Å². The lowest BCUT2D eigenvalue weighted by Crippen LogP contribution is -2.30. The first-order valence-electron chi connectivity index (χ1n) is 13.2. The fourth-order valence-electron chi connectivity index (χ4n) is 3.91. The van der Waals surface area contributed by atoms with Gasteiger partial charge in [0.1, 0.15) is 5.70 Å². The van der Waals surface area contributed by atoms with Gasteiger partial charge in [-0.2, -0.15) is 0 Å². The van der Waals surface area contributed by atoms with Crippen LogP contribution in [0, 0.1) is 0 Å². The SMILES string of the molecule is CC(Sc1cccc(NC(=O)/C(=C\c2c(Cl)cccc2Cl)NC(=O)c2ccccc2)c1)C(=O)Nc1nc(-c2cccs2)cs1. The van der Waals surface area contributed by atoms with Crippen LogP contribution < -0.4 is 16.0 Å². The van der Waals surface area contributed by atoms with Gasteiger partial charge in [-0.25, -0.2) is 4.98 Å². The molecule has 0 saturated heterocycles. The van der Waals surface area contributed by atoms with E-state index in [2.05, 4.69) is 20.9 Å². The van der Waals surface area contributed by atoms with Gasteiger partial charge in [-0.15, -0.1) is 34.4 Å². The largest absolute Gasteiger partial charge is 0.321 e. The van der Waals surface area contributed by atoms with Gasteiger partial charge < -0.3 is 16.0 Å². The second-order valence-corrected chi connectivity index (χ2v) is 13.3. The first-order chi connectivity index (χ1) is 21.3. The second kappa shape index (κ2) is 14.7. The third kappa shape index (κ3) is 8.16. The van der Waals surface area contributed by atoms with Crippen molar-refractivity contribution in [1.82, 2.24) is 10.3 Å². The predicted molar refractivity (Wildman–Crippen MR) is 183 cm³/mol. The molecule has 12 heteroatoms. The zero-order chi connectivity index (χ0) is 31.1. The number of nitrogens with one attached hydrogen (secondary N) is 3. The Bertz CT molecular complexity index is 1810. The van der Waals surface area contributed by atoms with Gasteiger partial charge in [0.2, 0.25) is 5.91 Å². The second-order valence-electron chi connectivity index (χ2n) is 9.26. The molecule has 0 aliphatic carbocycles. The van der Waals surface area contributed by atoms with Crippen molar-refractivity contribution in [2.24, 2.45) is 0 Å². The zero-order valence-electron chi connectivity index (χ0n) is 23.0. The minimum Gasteiger partial charge on any atom is -0.321 e. The third-order valence-electron chi connectivity index (χ3n) is 6.10. The van der Waals surface area contributed by atoms with E-state index in [0.717, 1.165) is 15.5 Å². The van der Waals surface area contributed by atoms with Gasteiger partial charge in [0.05, 0.1) is 15.8 Å². The number of aromatic nitrogens is 1. The number of amides is 3. The van der Waals surface area contributed by atoms with Crippen molar-refractivity contribution < 1.29 is 14.4 Å². The molecule has 2 heterocycles. The van der Waals surface area contributed by atoms with Gasteiger partial charge in [0, 0.05) is 37.1 Å². The summed E-state index contributed by atoms with van der Waals surface area (Å²) < 4.78 is 0. The Morgan fingerprint density at radius 3 is 2.36 bits per heavy atom. The molecule has 7 nitrogen and oxygen atoms in total. The van der Waals surface area contributed by atoms with E-state index < -0.39 is 17.1 Å². The Labute approximate surface area is 276 Å². The minimum atomic E-state index is -0.580. The van der Waals surface area contributed by atoms with Crippen LogP contribution in [0.3, 0.4) is 0 Å². The van der Waals surface area contributed by atoms with Crippen LogP contribution in [0.4, 0.5) is 10.8 Å². The molecule has 222 valence electrons. The average Bonchev–Trinajstić information content (AvgIpc) is 3.72. The summed E-state index contributed by atoms with van der Waals surface area (Å²) in [5.74, 6) is -1.24. The molecule has 5 aromatic rings. The van der Waals surface area contributed by atoms with E-state index in [1.54, 1.807) is 85.0 Å². The zero-order valence-corrected chi connectivity index (χ0v) is 27.0. The molecule has 3 N–H and O–H groups in total. The van der Waals surface area contributed by atoms with E-state index >= 15 is 0 Å². The van der Waals surface area contributed by atoms with Gasteiger partial charge in [-0.3, -0.25) is 14.4 Å². The number of rotatable bonds is 10. The standard InChI is InChI=1S/C32H24Cl2N4O3S3/c1-19(29(39)38-32-37-27(18-43-32)28-14-7-15-42-28)44-22-11-5-10-21(16-22)35-31(41)26(17-23-24(33)12-6-13-25(23)34)36-30(40)20-8-3-2-4-9-20/h2-19H,1H3,(H,35,41)(H,36,40)(H,37,38,39)/b26-17+. The molecule has 0 spiro atoms.